The number of carbonyl (C=O) groups is 1. The number of unbranched alkanes of at least 4 members (excludes halogenated alkanes) is 7. The van der Waals surface area contributed by atoms with E-state index >= 15 is 0 Å². The van der Waals surface area contributed by atoms with Crippen molar-refractivity contribution in [2.45, 2.75) is 90.0 Å². The van der Waals surface area contributed by atoms with Crippen molar-refractivity contribution in [3.05, 3.63) is 0 Å². The largest absolute Gasteiger partial charge is 0.327 e. The highest BCUT2D eigenvalue weighted by Gasteiger charge is 2.29. The third-order valence-electron chi connectivity index (χ3n) is 4.26. The van der Waals surface area contributed by atoms with Gasteiger partial charge in [0, 0.05) is 18.4 Å². The van der Waals surface area contributed by atoms with E-state index in [2.05, 4.69) is 6.92 Å². The lowest BCUT2D eigenvalue weighted by molar-refractivity contribution is -0.123. The fourth-order valence-electron chi connectivity index (χ4n) is 3.01. The molecule has 2 N–H and O–H groups in total. The van der Waals surface area contributed by atoms with E-state index in [1.54, 1.807) is 0 Å². The summed E-state index contributed by atoms with van der Waals surface area (Å²) in [5.41, 5.74) is 5.96. The first-order chi connectivity index (χ1) is 8.75. The Balaban J connectivity index is 1.92. The molecule has 18 heavy (non-hydrogen) atoms. The van der Waals surface area contributed by atoms with Crippen molar-refractivity contribution in [1.82, 2.24) is 0 Å². The zero-order valence-corrected chi connectivity index (χ0v) is 12.1. The number of carbonyl (C=O) groups excluding carboxylic acids is 1. The Kier molecular flexibility index (Phi) is 8.32. The van der Waals surface area contributed by atoms with Crippen LogP contribution in [0.5, 0.6) is 0 Å². The Morgan fingerprint density at radius 1 is 1.00 bits per heavy atom. The van der Waals surface area contributed by atoms with Crippen molar-refractivity contribution in [2.75, 3.05) is 0 Å². The number of hydrogen-bond donors (Lipinski definition) is 1. The van der Waals surface area contributed by atoms with Gasteiger partial charge in [0.2, 0.25) is 0 Å². The predicted molar refractivity (Wildman–Crippen MR) is 77.6 cm³/mol. The van der Waals surface area contributed by atoms with E-state index in [9.17, 15) is 4.79 Å². The van der Waals surface area contributed by atoms with Crippen LogP contribution in [0.2, 0.25) is 0 Å². The van der Waals surface area contributed by atoms with E-state index < -0.39 is 0 Å². The summed E-state index contributed by atoms with van der Waals surface area (Å²) in [6, 6.07) is 0.159. The van der Waals surface area contributed by atoms with Crippen LogP contribution >= 0.6 is 0 Å². The minimum absolute atomic E-state index is 0.159. The maximum Gasteiger partial charge on any atom is 0.137 e. The first-order valence-corrected chi connectivity index (χ1v) is 8.04. The molecule has 0 radical (unpaired) electrons. The Hall–Kier alpha value is -0.370. The lowest BCUT2D eigenvalue weighted by Crippen LogP contribution is -2.30. The number of ketones is 1. The fraction of sp³-hybridized carbons (Fsp3) is 0.938. The second kappa shape index (κ2) is 9.55. The molecule has 2 unspecified atom stereocenters. The summed E-state index contributed by atoms with van der Waals surface area (Å²) in [7, 11) is 0. The first kappa shape index (κ1) is 15.7. The van der Waals surface area contributed by atoms with Crippen LogP contribution in [0, 0.1) is 5.92 Å². The number of hydrogen-bond acceptors (Lipinski definition) is 2. The lowest BCUT2D eigenvalue weighted by atomic mass is 9.94. The molecule has 2 heteroatoms. The standard InChI is InChI=1S/C16H31NO/c1-2-3-4-5-6-7-8-9-13-16(18)14-11-10-12-15(14)17/h14-15H,2-13,17H2,1H3. The quantitative estimate of drug-likeness (QED) is 0.592. The average Bonchev–Trinajstić information content (AvgIpc) is 2.79. The smallest absolute Gasteiger partial charge is 0.137 e. The molecule has 0 aromatic rings. The molecule has 0 spiro atoms. The van der Waals surface area contributed by atoms with Crippen LogP contribution in [-0.2, 0) is 4.79 Å². The van der Waals surface area contributed by atoms with Crippen molar-refractivity contribution in [1.29, 1.82) is 0 Å². The highest BCUT2D eigenvalue weighted by Crippen LogP contribution is 2.26. The van der Waals surface area contributed by atoms with E-state index in [0.717, 1.165) is 32.1 Å². The van der Waals surface area contributed by atoms with Crippen LogP contribution in [-0.4, -0.2) is 11.8 Å². The summed E-state index contributed by atoms with van der Waals surface area (Å²) in [5, 5.41) is 0. The second-order valence-corrected chi connectivity index (χ2v) is 5.89. The van der Waals surface area contributed by atoms with Gasteiger partial charge in [0.05, 0.1) is 0 Å². The Morgan fingerprint density at radius 3 is 2.17 bits per heavy atom. The van der Waals surface area contributed by atoms with Gasteiger partial charge in [-0.05, 0) is 19.3 Å². The molecule has 0 saturated heterocycles. The van der Waals surface area contributed by atoms with Gasteiger partial charge in [0.15, 0.2) is 0 Å². The van der Waals surface area contributed by atoms with Gasteiger partial charge in [-0.15, -0.1) is 0 Å². The summed E-state index contributed by atoms with van der Waals surface area (Å²) in [5.74, 6) is 0.625. The zero-order valence-electron chi connectivity index (χ0n) is 12.1. The molecule has 1 aliphatic carbocycles. The maximum absolute atomic E-state index is 11.9. The summed E-state index contributed by atoms with van der Waals surface area (Å²) < 4.78 is 0. The first-order valence-electron chi connectivity index (χ1n) is 8.04. The van der Waals surface area contributed by atoms with E-state index in [4.69, 9.17) is 5.73 Å². The van der Waals surface area contributed by atoms with Gasteiger partial charge in [-0.3, -0.25) is 4.79 Å². The van der Waals surface area contributed by atoms with Crippen molar-refractivity contribution >= 4 is 5.78 Å². The van der Waals surface area contributed by atoms with Gasteiger partial charge in [-0.25, -0.2) is 0 Å². The molecule has 0 aliphatic heterocycles. The molecule has 0 heterocycles. The molecular weight excluding hydrogens is 222 g/mol. The normalized spacial score (nSPS) is 23.4. The number of nitrogens with two attached hydrogens (primary N) is 1. The maximum atomic E-state index is 11.9. The summed E-state index contributed by atoms with van der Waals surface area (Å²) >= 11 is 0. The van der Waals surface area contributed by atoms with Gasteiger partial charge in [-0.1, -0.05) is 58.3 Å². The van der Waals surface area contributed by atoms with Crippen molar-refractivity contribution < 1.29 is 4.79 Å². The number of rotatable bonds is 10. The fourth-order valence-corrected chi connectivity index (χ4v) is 3.01. The summed E-state index contributed by atoms with van der Waals surface area (Å²) in [6.45, 7) is 2.25. The SMILES string of the molecule is CCCCCCCCCCC(=O)C1CCCC1N. The highest BCUT2D eigenvalue weighted by atomic mass is 16.1. The molecule has 1 fully saturated rings. The number of Topliss-reactive ketones (excluding diaryl/α,β-unsaturated/α-hetero) is 1. The molecule has 0 bridgehead atoms. The molecular formula is C16H31NO. The third-order valence-corrected chi connectivity index (χ3v) is 4.26. The Bertz CT molecular complexity index is 227. The molecule has 1 rings (SSSR count). The van der Waals surface area contributed by atoms with Crippen LogP contribution in [0.15, 0.2) is 0 Å². The predicted octanol–water partition coefficient (Wildman–Crippen LogP) is 4.21. The Labute approximate surface area is 113 Å². The average molecular weight is 253 g/mol. The lowest BCUT2D eigenvalue weighted by Gasteiger charge is -2.13. The van der Waals surface area contributed by atoms with Crippen LogP contribution < -0.4 is 5.73 Å². The van der Waals surface area contributed by atoms with Gasteiger partial charge in [0.1, 0.15) is 5.78 Å². The Morgan fingerprint density at radius 2 is 1.61 bits per heavy atom. The third kappa shape index (κ3) is 5.99. The molecule has 2 atom stereocenters. The van der Waals surface area contributed by atoms with Gasteiger partial charge in [-0.2, -0.15) is 0 Å². The molecule has 106 valence electrons. The van der Waals surface area contributed by atoms with E-state index in [-0.39, 0.29) is 12.0 Å². The minimum atomic E-state index is 0.159. The van der Waals surface area contributed by atoms with Gasteiger partial charge < -0.3 is 5.73 Å². The minimum Gasteiger partial charge on any atom is -0.327 e. The molecule has 0 aromatic heterocycles. The molecule has 1 aliphatic rings. The summed E-state index contributed by atoms with van der Waals surface area (Å²) in [6.07, 6.45) is 14.4. The van der Waals surface area contributed by atoms with Crippen molar-refractivity contribution in [2.24, 2.45) is 11.7 Å². The topological polar surface area (TPSA) is 43.1 Å². The van der Waals surface area contributed by atoms with Crippen LogP contribution in [0.3, 0.4) is 0 Å². The van der Waals surface area contributed by atoms with Gasteiger partial charge in [0.25, 0.3) is 0 Å². The van der Waals surface area contributed by atoms with Crippen LogP contribution in [0.1, 0.15) is 84.0 Å². The molecule has 0 aromatic carbocycles. The second-order valence-electron chi connectivity index (χ2n) is 5.89. The van der Waals surface area contributed by atoms with E-state index in [1.165, 1.54) is 44.9 Å². The zero-order chi connectivity index (χ0) is 13.2. The highest BCUT2D eigenvalue weighted by molar-refractivity contribution is 5.81. The molecule has 1 saturated carbocycles. The van der Waals surface area contributed by atoms with Crippen molar-refractivity contribution in [3.63, 3.8) is 0 Å². The van der Waals surface area contributed by atoms with E-state index in [0.29, 0.717) is 5.78 Å². The monoisotopic (exact) mass is 253 g/mol. The molecule has 0 amide bonds. The van der Waals surface area contributed by atoms with E-state index in [1.807, 2.05) is 0 Å². The van der Waals surface area contributed by atoms with Crippen LogP contribution in [0.25, 0.3) is 0 Å². The van der Waals surface area contributed by atoms with Crippen molar-refractivity contribution in [3.8, 4) is 0 Å². The summed E-state index contributed by atoms with van der Waals surface area (Å²) in [4.78, 5) is 11.9. The van der Waals surface area contributed by atoms with Gasteiger partial charge >= 0.3 is 0 Å². The molecule has 2 nitrogen and oxygen atoms in total. The van der Waals surface area contributed by atoms with Crippen LogP contribution in [0.4, 0.5) is 0 Å².